The first-order chi connectivity index (χ1) is 35.6. The number of benzene rings is 4. The van der Waals surface area contributed by atoms with Crippen molar-refractivity contribution in [3.63, 3.8) is 0 Å². The summed E-state index contributed by atoms with van der Waals surface area (Å²) in [6.45, 7) is 8.80. The van der Waals surface area contributed by atoms with Crippen molar-refractivity contribution in [3.8, 4) is 0 Å². The SMILES string of the molecule is CCCCC[C@@H](CCCCCCCCCC(=O)OC)O[C@@H]1O[C@H](C)[C@@H]2OC(C)(C)O[C@@H]2[C@H]1O[C@@H]1O[C@H](COCc2ccccc2)[C@@H](OCc2ccccc2)[C@H](OCc2ccccc2)[C@H]1OC(=O)c1ccccc1. The van der Waals surface area contributed by atoms with Gasteiger partial charge in [0.1, 0.15) is 36.6 Å². The number of carbonyl (C=O) groups is 2. The van der Waals surface area contributed by atoms with Crippen molar-refractivity contribution in [3.05, 3.63) is 144 Å². The van der Waals surface area contributed by atoms with Gasteiger partial charge in [-0.05, 0) is 68.9 Å². The monoisotopic (exact) mass is 1010 g/mol. The molecule has 4 aromatic rings. The van der Waals surface area contributed by atoms with E-state index in [0.29, 0.717) is 18.6 Å². The number of ether oxygens (including phenoxy) is 11. The Morgan fingerprint density at radius 2 is 1.12 bits per heavy atom. The van der Waals surface area contributed by atoms with Gasteiger partial charge in [0.05, 0.1) is 51.3 Å². The van der Waals surface area contributed by atoms with Gasteiger partial charge in [-0.25, -0.2) is 4.79 Å². The summed E-state index contributed by atoms with van der Waals surface area (Å²) in [5.74, 6) is -1.68. The first kappa shape index (κ1) is 56.2. The van der Waals surface area contributed by atoms with Crippen molar-refractivity contribution in [1.29, 1.82) is 0 Å². The van der Waals surface area contributed by atoms with Crippen LogP contribution in [-0.2, 0) is 76.7 Å². The van der Waals surface area contributed by atoms with E-state index >= 15 is 0 Å². The molecule has 0 bridgehead atoms. The second-order valence-corrected chi connectivity index (χ2v) is 20.0. The van der Waals surface area contributed by atoms with Gasteiger partial charge in [0.25, 0.3) is 0 Å². The molecule has 0 aliphatic carbocycles. The topological polar surface area (TPSA) is 136 Å². The quantitative estimate of drug-likeness (QED) is 0.0362. The molecule has 13 heteroatoms. The Labute approximate surface area is 433 Å². The molecule has 11 atom stereocenters. The van der Waals surface area contributed by atoms with Gasteiger partial charge in [0.2, 0.25) is 0 Å². The number of esters is 2. The molecular weight excluding hydrogens is 929 g/mol. The summed E-state index contributed by atoms with van der Waals surface area (Å²) in [7, 11) is 1.44. The van der Waals surface area contributed by atoms with Crippen LogP contribution < -0.4 is 0 Å². The van der Waals surface area contributed by atoms with Gasteiger partial charge in [0.15, 0.2) is 24.5 Å². The van der Waals surface area contributed by atoms with E-state index in [1.807, 2.05) is 118 Å². The molecule has 0 N–H and O–H groups in total. The third-order valence-corrected chi connectivity index (χ3v) is 13.8. The van der Waals surface area contributed by atoms with Crippen molar-refractivity contribution in [2.24, 2.45) is 0 Å². The lowest BCUT2D eigenvalue weighted by Crippen LogP contribution is -2.65. The van der Waals surface area contributed by atoms with E-state index in [1.54, 1.807) is 24.3 Å². The Hall–Kier alpha value is -4.54. The van der Waals surface area contributed by atoms with Crippen molar-refractivity contribution in [1.82, 2.24) is 0 Å². The standard InChI is InChI=1S/C60H80O13/c1-6-7-17-36-48(37-26-11-9-8-10-12-27-38-50(61)63-5)68-58-56(54-51(43(2)67-58)72-60(3,4)73-54)71-59-55(70-57(62)47-34-24-16-25-35-47)53(66-41-46-32-22-15-23-33-46)52(65-40-45-30-20-14-21-31-45)49(69-59)42-64-39-44-28-18-13-19-29-44/h13-16,18-25,28-35,43,48-49,51-56,58-59H,6-12,17,26-27,36-42H2,1-5H3/t43-,48+,49-,51+,52-,53+,54+,55-,56-,58+,59+/m1/s1. The summed E-state index contributed by atoms with van der Waals surface area (Å²) >= 11 is 0. The van der Waals surface area contributed by atoms with Crippen LogP contribution in [0.25, 0.3) is 0 Å². The van der Waals surface area contributed by atoms with E-state index in [-0.39, 0.29) is 31.9 Å². The van der Waals surface area contributed by atoms with E-state index in [4.69, 9.17) is 52.1 Å². The highest BCUT2D eigenvalue weighted by atomic mass is 16.8. The molecule has 73 heavy (non-hydrogen) atoms. The van der Waals surface area contributed by atoms with Crippen LogP contribution in [0.5, 0.6) is 0 Å². The molecule has 4 aromatic carbocycles. The third-order valence-electron chi connectivity index (χ3n) is 13.8. The molecule has 3 aliphatic heterocycles. The van der Waals surface area contributed by atoms with E-state index in [2.05, 4.69) is 6.92 Å². The molecular formula is C60H80O13. The second kappa shape index (κ2) is 29.5. The van der Waals surface area contributed by atoms with Gasteiger partial charge in [0, 0.05) is 6.42 Å². The molecule has 0 spiro atoms. The average Bonchev–Trinajstić information content (AvgIpc) is 3.75. The third kappa shape index (κ3) is 17.5. The van der Waals surface area contributed by atoms with Crippen LogP contribution in [-0.4, -0.2) is 99.0 Å². The van der Waals surface area contributed by atoms with Gasteiger partial charge < -0.3 is 52.1 Å². The highest BCUT2D eigenvalue weighted by Gasteiger charge is 2.58. The molecule has 3 heterocycles. The molecule has 7 rings (SSSR count). The van der Waals surface area contributed by atoms with Crippen LogP contribution in [0.1, 0.15) is 138 Å². The highest BCUT2D eigenvalue weighted by molar-refractivity contribution is 5.89. The maximum atomic E-state index is 14.4. The zero-order chi connectivity index (χ0) is 51.3. The Balaban J connectivity index is 1.20. The Morgan fingerprint density at radius 1 is 0.589 bits per heavy atom. The Kier molecular flexibility index (Phi) is 22.7. The molecule has 0 radical (unpaired) electrons. The molecule has 3 fully saturated rings. The highest BCUT2D eigenvalue weighted by Crippen LogP contribution is 2.42. The van der Waals surface area contributed by atoms with Crippen molar-refractivity contribution in [2.75, 3.05) is 13.7 Å². The second-order valence-electron chi connectivity index (χ2n) is 20.0. The number of fused-ring (bicyclic) bond motifs is 1. The van der Waals surface area contributed by atoms with Crippen LogP contribution in [0, 0.1) is 0 Å². The van der Waals surface area contributed by atoms with Crippen LogP contribution in [0.2, 0.25) is 0 Å². The number of carbonyl (C=O) groups excluding carboxylic acids is 2. The predicted molar refractivity (Wildman–Crippen MR) is 276 cm³/mol. The molecule has 0 amide bonds. The van der Waals surface area contributed by atoms with E-state index in [1.165, 1.54) is 7.11 Å². The van der Waals surface area contributed by atoms with Crippen molar-refractivity contribution < 1.29 is 61.7 Å². The molecule has 3 saturated heterocycles. The van der Waals surface area contributed by atoms with Crippen LogP contribution in [0.15, 0.2) is 121 Å². The summed E-state index contributed by atoms with van der Waals surface area (Å²) in [6, 6.07) is 38.6. The fourth-order valence-corrected chi connectivity index (χ4v) is 9.89. The average molecular weight is 1010 g/mol. The number of methoxy groups -OCH3 is 1. The molecule has 13 nitrogen and oxygen atoms in total. The number of unbranched alkanes of at least 4 members (excludes halogenated alkanes) is 8. The van der Waals surface area contributed by atoms with E-state index in [0.717, 1.165) is 93.7 Å². The van der Waals surface area contributed by atoms with E-state index in [9.17, 15) is 9.59 Å². The minimum atomic E-state index is -1.25. The number of hydrogen-bond acceptors (Lipinski definition) is 13. The summed E-state index contributed by atoms with van der Waals surface area (Å²) in [6.07, 6.45) is 4.20. The zero-order valence-electron chi connectivity index (χ0n) is 43.7. The lowest BCUT2D eigenvalue weighted by Gasteiger charge is -2.48. The van der Waals surface area contributed by atoms with Gasteiger partial charge in [-0.1, -0.05) is 174 Å². The summed E-state index contributed by atoms with van der Waals surface area (Å²) in [5, 5.41) is 0. The lowest BCUT2D eigenvalue weighted by atomic mass is 9.96. The van der Waals surface area contributed by atoms with Gasteiger partial charge in [-0.2, -0.15) is 0 Å². The largest absolute Gasteiger partial charge is 0.469 e. The minimum absolute atomic E-state index is 0.0998. The maximum Gasteiger partial charge on any atom is 0.338 e. The van der Waals surface area contributed by atoms with Gasteiger partial charge >= 0.3 is 11.9 Å². The molecule has 0 unspecified atom stereocenters. The van der Waals surface area contributed by atoms with Crippen LogP contribution in [0.4, 0.5) is 0 Å². The number of rotatable bonds is 30. The van der Waals surface area contributed by atoms with Gasteiger partial charge in [-0.3, -0.25) is 4.79 Å². The predicted octanol–water partition coefficient (Wildman–Crippen LogP) is 11.6. The fraction of sp³-hybridized carbons (Fsp3) is 0.567. The molecule has 0 aromatic heterocycles. The summed E-state index contributed by atoms with van der Waals surface area (Å²) in [4.78, 5) is 25.9. The van der Waals surface area contributed by atoms with Crippen LogP contribution >= 0.6 is 0 Å². The Morgan fingerprint density at radius 3 is 1.73 bits per heavy atom. The lowest BCUT2D eigenvalue weighted by molar-refractivity contribution is -0.367. The summed E-state index contributed by atoms with van der Waals surface area (Å²) in [5.41, 5.74) is 3.23. The first-order valence-corrected chi connectivity index (χ1v) is 26.8. The fourth-order valence-electron chi connectivity index (χ4n) is 9.89. The summed E-state index contributed by atoms with van der Waals surface area (Å²) < 4.78 is 73.4. The molecule has 0 saturated carbocycles. The zero-order valence-corrected chi connectivity index (χ0v) is 43.7. The van der Waals surface area contributed by atoms with Crippen LogP contribution in [0.3, 0.4) is 0 Å². The smallest absolute Gasteiger partial charge is 0.338 e. The van der Waals surface area contributed by atoms with E-state index < -0.39 is 73.2 Å². The van der Waals surface area contributed by atoms with Crippen molar-refractivity contribution >= 4 is 11.9 Å². The normalized spacial score (nSPS) is 25.9. The Bertz CT molecular complexity index is 2160. The maximum absolute atomic E-state index is 14.4. The number of hydrogen-bond donors (Lipinski definition) is 0. The minimum Gasteiger partial charge on any atom is -0.469 e. The van der Waals surface area contributed by atoms with Gasteiger partial charge in [-0.15, -0.1) is 0 Å². The first-order valence-electron chi connectivity index (χ1n) is 26.8. The molecule has 3 aliphatic rings. The molecule has 398 valence electrons. The van der Waals surface area contributed by atoms with Crippen molar-refractivity contribution in [2.45, 2.75) is 204 Å².